The van der Waals surface area contributed by atoms with Gasteiger partial charge in [0.05, 0.1) is 5.41 Å². The summed E-state index contributed by atoms with van der Waals surface area (Å²) in [5.41, 5.74) is 2.07. The summed E-state index contributed by atoms with van der Waals surface area (Å²) in [6, 6.07) is 5.99. The molecule has 2 aliphatic rings. The van der Waals surface area contributed by atoms with Gasteiger partial charge in [-0.25, -0.2) is 0 Å². The fraction of sp³-hybridized carbons (Fsp3) is 0.550. The van der Waals surface area contributed by atoms with Crippen molar-refractivity contribution in [3.63, 3.8) is 0 Å². The van der Waals surface area contributed by atoms with Crippen molar-refractivity contribution in [1.29, 1.82) is 0 Å². The Hall–Kier alpha value is -2.37. The van der Waals surface area contributed by atoms with Crippen molar-refractivity contribution in [1.82, 2.24) is 15.1 Å². The van der Waals surface area contributed by atoms with Gasteiger partial charge in [-0.15, -0.1) is 10.2 Å². The van der Waals surface area contributed by atoms with Gasteiger partial charge in [-0.3, -0.25) is 4.79 Å². The number of hydrogen-bond acceptors (Lipinski definition) is 5. The molecule has 1 saturated heterocycles. The number of aryl methyl sites for hydroxylation is 3. The minimum atomic E-state index is -0.170. The number of benzene rings is 1. The second-order valence-corrected chi connectivity index (χ2v) is 7.70. The molecule has 0 bridgehead atoms. The molecule has 2 fully saturated rings. The van der Waals surface area contributed by atoms with E-state index in [0.717, 1.165) is 37.1 Å². The normalized spacial score (nSPS) is 24.7. The van der Waals surface area contributed by atoms with E-state index in [1.807, 2.05) is 37.8 Å². The van der Waals surface area contributed by atoms with Crippen LogP contribution in [0, 0.1) is 26.7 Å². The van der Waals surface area contributed by atoms with E-state index < -0.39 is 0 Å². The van der Waals surface area contributed by atoms with E-state index in [-0.39, 0.29) is 17.9 Å². The average molecular weight is 355 g/mol. The van der Waals surface area contributed by atoms with Crippen LogP contribution in [0.5, 0.6) is 5.75 Å². The van der Waals surface area contributed by atoms with Crippen LogP contribution in [0.1, 0.15) is 42.2 Å². The molecule has 2 atom stereocenters. The van der Waals surface area contributed by atoms with Gasteiger partial charge in [-0.1, -0.05) is 24.1 Å². The van der Waals surface area contributed by atoms with E-state index in [1.54, 1.807) is 0 Å². The van der Waals surface area contributed by atoms with Crippen LogP contribution in [0.3, 0.4) is 0 Å². The summed E-state index contributed by atoms with van der Waals surface area (Å²) in [7, 11) is 0. The Morgan fingerprint density at radius 1 is 1.35 bits per heavy atom. The Balaban J connectivity index is 1.45. The highest BCUT2D eigenvalue weighted by Crippen LogP contribution is 2.49. The third-order valence-electron chi connectivity index (χ3n) is 5.86. The molecule has 26 heavy (non-hydrogen) atoms. The lowest BCUT2D eigenvalue weighted by molar-refractivity contribution is -0.132. The van der Waals surface area contributed by atoms with Gasteiger partial charge in [-0.05, 0) is 44.2 Å². The van der Waals surface area contributed by atoms with E-state index in [9.17, 15) is 4.79 Å². The first-order valence-corrected chi connectivity index (χ1v) is 9.26. The second kappa shape index (κ2) is 6.41. The third kappa shape index (κ3) is 2.87. The fourth-order valence-electron chi connectivity index (χ4n) is 4.52. The van der Waals surface area contributed by atoms with Gasteiger partial charge in [0.25, 0.3) is 5.91 Å². The molecule has 2 heterocycles. The van der Waals surface area contributed by atoms with Crippen molar-refractivity contribution in [2.75, 3.05) is 19.7 Å². The van der Waals surface area contributed by atoms with Crippen molar-refractivity contribution in [2.24, 2.45) is 5.92 Å². The topological polar surface area (TPSA) is 68.5 Å². The summed E-state index contributed by atoms with van der Waals surface area (Å²) in [6.07, 6.45) is 3.25. The van der Waals surface area contributed by atoms with Crippen LogP contribution >= 0.6 is 0 Å². The fourth-order valence-corrected chi connectivity index (χ4v) is 4.52. The summed E-state index contributed by atoms with van der Waals surface area (Å²) < 4.78 is 11.6. The standard InChI is InChI=1S/C20H25N3O3/c1-13-6-7-17(14(2)9-13)25-11-18(24)23-10-16-5-4-8-20(16,12-23)19-22-21-15(3)26-19/h6-7,9,16H,4-5,8,10-12H2,1-3H3/t16-,20-/m0/s1. The van der Waals surface area contributed by atoms with Gasteiger partial charge in [0.15, 0.2) is 6.61 Å². The molecule has 2 aromatic rings. The van der Waals surface area contributed by atoms with Crippen LogP contribution < -0.4 is 4.74 Å². The first-order chi connectivity index (χ1) is 12.5. The first-order valence-electron chi connectivity index (χ1n) is 9.26. The summed E-state index contributed by atoms with van der Waals surface area (Å²) in [5, 5.41) is 8.29. The van der Waals surface area contributed by atoms with Crippen molar-refractivity contribution < 1.29 is 13.9 Å². The maximum atomic E-state index is 12.7. The molecule has 1 amide bonds. The lowest BCUT2D eigenvalue weighted by atomic mass is 9.80. The zero-order valence-corrected chi connectivity index (χ0v) is 15.6. The Morgan fingerprint density at radius 3 is 2.92 bits per heavy atom. The smallest absolute Gasteiger partial charge is 0.260 e. The molecule has 0 spiro atoms. The molecular weight excluding hydrogens is 330 g/mol. The van der Waals surface area contributed by atoms with Crippen molar-refractivity contribution >= 4 is 5.91 Å². The summed E-state index contributed by atoms with van der Waals surface area (Å²) in [4.78, 5) is 14.7. The van der Waals surface area contributed by atoms with E-state index in [1.165, 1.54) is 5.56 Å². The van der Waals surface area contributed by atoms with Gasteiger partial charge in [0, 0.05) is 20.0 Å². The number of hydrogen-bond donors (Lipinski definition) is 0. The molecule has 1 aliphatic carbocycles. The predicted octanol–water partition coefficient (Wildman–Crippen LogP) is 2.95. The number of ether oxygens (including phenoxy) is 1. The number of rotatable bonds is 4. The molecule has 6 heteroatoms. The number of amides is 1. The molecular formula is C20H25N3O3. The molecule has 0 unspecified atom stereocenters. The molecule has 1 aromatic carbocycles. The lowest BCUT2D eigenvalue weighted by Crippen LogP contribution is -2.37. The molecule has 138 valence electrons. The van der Waals surface area contributed by atoms with E-state index in [2.05, 4.69) is 16.3 Å². The van der Waals surface area contributed by atoms with Crippen LogP contribution in [-0.4, -0.2) is 40.7 Å². The molecule has 1 saturated carbocycles. The highest BCUT2D eigenvalue weighted by atomic mass is 16.5. The summed E-state index contributed by atoms with van der Waals surface area (Å²) in [6.45, 7) is 7.32. The first kappa shape index (κ1) is 17.1. The third-order valence-corrected chi connectivity index (χ3v) is 5.86. The Labute approximate surface area is 153 Å². The van der Waals surface area contributed by atoms with Crippen LogP contribution in [0.25, 0.3) is 0 Å². The van der Waals surface area contributed by atoms with Gasteiger partial charge in [0.1, 0.15) is 5.75 Å². The highest BCUT2D eigenvalue weighted by molar-refractivity contribution is 5.78. The van der Waals surface area contributed by atoms with Crippen molar-refractivity contribution in [2.45, 2.75) is 45.4 Å². The van der Waals surface area contributed by atoms with Crippen molar-refractivity contribution in [3.05, 3.63) is 41.1 Å². The average Bonchev–Trinajstić information content (AvgIpc) is 3.27. The number of aromatic nitrogens is 2. The van der Waals surface area contributed by atoms with E-state index in [0.29, 0.717) is 24.2 Å². The van der Waals surface area contributed by atoms with Gasteiger partial charge in [-0.2, -0.15) is 0 Å². The monoisotopic (exact) mass is 355 g/mol. The minimum Gasteiger partial charge on any atom is -0.484 e. The Morgan fingerprint density at radius 2 is 2.19 bits per heavy atom. The zero-order chi connectivity index (χ0) is 18.3. The number of carbonyl (C=O) groups excluding carboxylic acids is 1. The minimum absolute atomic E-state index is 0.0231. The quantitative estimate of drug-likeness (QED) is 0.843. The predicted molar refractivity (Wildman–Crippen MR) is 96.0 cm³/mol. The number of carbonyl (C=O) groups is 1. The summed E-state index contributed by atoms with van der Waals surface area (Å²) in [5.74, 6) is 2.47. The van der Waals surface area contributed by atoms with Crippen LogP contribution in [0.15, 0.2) is 22.6 Å². The number of fused-ring (bicyclic) bond motifs is 1. The molecule has 4 rings (SSSR count). The highest BCUT2D eigenvalue weighted by Gasteiger charge is 2.55. The number of nitrogens with zero attached hydrogens (tertiary/aromatic N) is 3. The molecule has 6 nitrogen and oxygen atoms in total. The summed E-state index contributed by atoms with van der Waals surface area (Å²) >= 11 is 0. The van der Waals surface area contributed by atoms with Gasteiger partial charge >= 0.3 is 0 Å². The maximum absolute atomic E-state index is 12.7. The largest absolute Gasteiger partial charge is 0.484 e. The molecule has 0 N–H and O–H groups in total. The van der Waals surface area contributed by atoms with Gasteiger partial charge in [0.2, 0.25) is 11.8 Å². The van der Waals surface area contributed by atoms with E-state index >= 15 is 0 Å². The SMILES string of the molecule is Cc1ccc(OCC(=O)N2C[C@@H]3CCC[C@]3(c3nnc(C)o3)C2)c(C)c1. The second-order valence-electron chi connectivity index (χ2n) is 7.70. The molecule has 1 aromatic heterocycles. The number of likely N-dealkylation sites (tertiary alicyclic amines) is 1. The Kier molecular flexibility index (Phi) is 4.21. The molecule has 0 radical (unpaired) electrons. The van der Waals surface area contributed by atoms with E-state index in [4.69, 9.17) is 9.15 Å². The van der Waals surface area contributed by atoms with Crippen molar-refractivity contribution in [3.8, 4) is 5.75 Å². The van der Waals surface area contributed by atoms with Crippen LogP contribution in [-0.2, 0) is 10.2 Å². The maximum Gasteiger partial charge on any atom is 0.260 e. The zero-order valence-electron chi connectivity index (χ0n) is 15.6. The molecule has 1 aliphatic heterocycles. The van der Waals surface area contributed by atoms with Gasteiger partial charge < -0.3 is 14.1 Å². The van der Waals surface area contributed by atoms with Crippen LogP contribution in [0.4, 0.5) is 0 Å². The Bertz CT molecular complexity index is 831. The lowest BCUT2D eigenvalue weighted by Gasteiger charge is -2.24. The van der Waals surface area contributed by atoms with Crippen LogP contribution in [0.2, 0.25) is 0 Å².